The summed E-state index contributed by atoms with van der Waals surface area (Å²) in [4.78, 5) is 28.9. The third-order valence-electron chi connectivity index (χ3n) is 2.35. The zero-order chi connectivity index (χ0) is 10.1. The monoisotopic (exact) mass is 193 g/mol. The van der Waals surface area contributed by atoms with Crippen LogP contribution in [0.5, 0.6) is 0 Å². The summed E-state index contributed by atoms with van der Waals surface area (Å²) in [6.07, 6.45) is 1.57. The molecule has 1 aromatic heterocycles. The molecule has 1 heterocycles. The summed E-state index contributed by atoms with van der Waals surface area (Å²) < 4.78 is 0. The van der Waals surface area contributed by atoms with Crippen molar-refractivity contribution in [2.75, 3.05) is 6.54 Å². The van der Waals surface area contributed by atoms with E-state index in [1.807, 2.05) is 0 Å². The standard InChI is InChI=1S/C9H11N3O2/c10-4-3-6-8-5(1-2-7(8)13)11-9(14)12-6/h1-4,10H2,(H,11,12,14). The minimum Gasteiger partial charge on any atom is -0.330 e. The molecule has 1 aliphatic rings. The number of aromatic amines is 1. The highest BCUT2D eigenvalue weighted by atomic mass is 16.1. The van der Waals surface area contributed by atoms with Crippen molar-refractivity contribution in [3.63, 3.8) is 0 Å². The molecule has 1 aliphatic carbocycles. The van der Waals surface area contributed by atoms with Crippen LogP contribution in [0.3, 0.4) is 0 Å². The van der Waals surface area contributed by atoms with E-state index in [1.54, 1.807) is 0 Å². The highest BCUT2D eigenvalue weighted by molar-refractivity contribution is 6.00. The predicted molar refractivity (Wildman–Crippen MR) is 50.3 cm³/mol. The Labute approximate surface area is 80.4 Å². The Hall–Kier alpha value is -1.49. The molecule has 0 saturated heterocycles. The average Bonchev–Trinajstić information content (AvgIpc) is 2.48. The Kier molecular flexibility index (Phi) is 2.17. The quantitative estimate of drug-likeness (QED) is 0.656. The number of hydrogen-bond acceptors (Lipinski definition) is 4. The zero-order valence-electron chi connectivity index (χ0n) is 7.67. The molecule has 5 heteroatoms. The van der Waals surface area contributed by atoms with E-state index in [9.17, 15) is 9.59 Å². The zero-order valence-corrected chi connectivity index (χ0v) is 7.67. The van der Waals surface area contributed by atoms with Crippen LogP contribution in [-0.4, -0.2) is 22.3 Å². The molecule has 3 N–H and O–H groups in total. The Morgan fingerprint density at radius 2 is 2.14 bits per heavy atom. The van der Waals surface area contributed by atoms with Crippen molar-refractivity contribution in [3.8, 4) is 0 Å². The van der Waals surface area contributed by atoms with Gasteiger partial charge in [0.05, 0.1) is 11.3 Å². The van der Waals surface area contributed by atoms with Crippen molar-refractivity contribution in [1.29, 1.82) is 0 Å². The van der Waals surface area contributed by atoms with Crippen molar-refractivity contribution >= 4 is 5.78 Å². The van der Waals surface area contributed by atoms with E-state index in [4.69, 9.17) is 5.73 Å². The summed E-state index contributed by atoms with van der Waals surface area (Å²) >= 11 is 0. The third-order valence-corrected chi connectivity index (χ3v) is 2.35. The summed E-state index contributed by atoms with van der Waals surface area (Å²) in [5.41, 5.74) is 6.86. The molecule has 0 unspecified atom stereocenters. The maximum Gasteiger partial charge on any atom is 0.345 e. The first-order chi connectivity index (χ1) is 6.72. The van der Waals surface area contributed by atoms with Crippen LogP contribution in [-0.2, 0) is 12.8 Å². The number of aromatic nitrogens is 2. The van der Waals surface area contributed by atoms with Gasteiger partial charge in [-0.15, -0.1) is 0 Å². The highest BCUT2D eigenvalue weighted by Gasteiger charge is 2.24. The molecular weight excluding hydrogens is 182 g/mol. The van der Waals surface area contributed by atoms with Crippen LogP contribution >= 0.6 is 0 Å². The Bertz CT molecular complexity index is 436. The molecule has 0 amide bonds. The van der Waals surface area contributed by atoms with Crippen molar-refractivity contribution < 1.29 is 4.79 Å². The fourth-order valence-electron chi connectivity index (χ4n) is 1.77. The minimum absolute atomic E-state index is 0.0622. The van der Waals surface area contributed by atoms with Gasteiger partial charge in [0.25, 0.3) is 0 Å². The van der Waals surface area contributed by atoms with Gasteiger partial charge in [-0.1, -0.05) is 0 Å². The fraction of sp³-hybridized carbons (Fsp3) is 0.444. The third kappa shape index (κ3) is 1.35. The largest absolute Gasteiger partial charge is 0.345 e. The van der Waals surface area contributed by atoms with Gasteiger partial charge in [-0.2, -0.15) is 4.98 Å². The number of aryl methyl sites for hydroxylation is 1. The van der Waals surface area contributed by atoms with E-state index in [0.717, 1.165) is 5.69 Å². The van der Waals surface area contributed by atoms with Crippen molar-refractivity contribution in [2.24, 2.45) is 5.73 Å². The van der Waals surface area contributed by atoms with Crippen molar-refractivity contribution in [3.05, 3.63) is 27.4 Å². The molecule has 0 aliphatic heterocycles. The lowest BCUT2D eigenvalue weighted by molar-refractivity contribution is 0.0993. The summed E-state index contributed by atoms with van der Waals surface area (Å²) in [6.45, 7) is 0.399. The van der Waals surface area contributed by atoms with Gasteiger partial charge in [0, 0.05) is 18.5 Å². The molecule has 0 fully saturated rings. The van der Waals surface area contributed by atoms with Gasteiger partial charge >= 0.3 is 5.69 Å². The number of fused-ring (bicyclic) bond motifs is 1. The lowest BCUT2D eigenvalue weighted by Gasteiger charge is -2.03. The van der Waals surface area contributed by atoms with E-state index >= 15 is 0 Å². The van der Waals surface area contributed by atoms with E-state index in [2.05, 4.69) is 9.97 Å². The first kappa shape index (κ1) is 9.08. The molecule has 0 aromatic carbocycles. The van der Waals surface area contributed by atoms with E-state index < -0.39 is 0 Å². The fourth-order valence-corrected chi connectivity index (χ4v) is 1.77. The lowest BCUT2D eigenvalue weighted by Crippen LogP contribution is -2.20. The van der Waals surface area contributed by atoms with Crippen LogP contribution in [0.1, 0.15) is 28.2 Å². The predicted octanol–water partition coefficient (Wildman–Crippen LogP) is -0.600. The Balaban J connectivity index is 2.59. The molecule has 5 nitrogen and oxygen atoms in total. The van der Waals surface area contributed by atoms with Crippen LogP contribution in [0.15, 0.2) is 4.79 Å². The first-order valence-corrected chi connectivity index (χ1v) is 4.57. The summed E-state index contributed by atoms with van der Waals surface area (Å²) in [5.74, 6) is 0.0622. The van der Waals surface area contributed by atoms with E-state index in [1.165, 1.54) is 0 Å². The summed E-state index contributed by atoms with van der Waals surface area (Å²) in [6, 6.07) is 0. The number of hydrogen-bond donors (Lipinski definition) is 2. The van der Waals surface area contributed by atoms with E-state index in [0.29, 0.717) is 37.1 Å². The van der Waals surface area contributed by atoms with Crippen LogP contribution in [0.2, 0.25) is 0 Å². The maximum atomic E-state index is 11.5. The van der Waals surface area contributed by atoms with Crippen LogP contribution < -0.4 is 11.4 Å². The van der Waals surface area contributed by atoms with Gasteiger partial charge in [0.1, 0.15) is 0 Å². The SMILES string of the molecule is NCCc1nc(=O)[nH]c2c1C(=O)CC2. The lowest BCUT2D eigenvalue weighted by atomic mass is 10.1. The number of ketones is 1. The van der Waals surface area contributed by atoms with Gasteiger partial charge in [-0.3, -0.25) is 4.79 Å². The first-order valence-electron chi connectivity index (χ1n) is 4.57. The molecule has 0 spiro atoms. The second-order valence-electron chi connectivity index (χ2n) is 3.30. The topological polar surface area (TPSA) is 88.8 Å². The smallest absolute Gasteiger partial charge is 0.330 e. The summed E-state index contributed by atoms with van der Waals surface area (Å²) in [5, 5.41) is 0. The number of nitrogens with two attached hydrogens (primary N) is 1. The second-order valence-corrected chi connectivity index (χ2v) is 3.30. The minimum atomic E-state index is -0.387. The number of H-pyrrole nitrogens is 1. The van der Waals surface area contributed by atoms with Crippen molar-refractivity contribution in [2.45, 2.75) is 19.3 Å². The van der Waals surface area contributed by atoms with Gasteiger partial charge in [0.2, 0.25) is 0 Å². The highest BCUT2D eigenvalue weighted by Crippen LogP contribution is 2.20. The van der Waals surface area contributed by atoms with E-state index in [-0.39, 0.29) is 11.5 Å². The molecular formula is C9H11N3O2. The number of nitrogens with zero attached hydrogens (tertiary/aromatic N) is 1. The number of Topliss-reactive ketones (excluding diaryl/α,β-unsaturated/α-hetero) is 1. The number of carbonyl (C=O) groups excluding carboxylic acids is 1. The van der Waals surface area contributed by atoms with Gasteiger partial charge in [-0.05, 0) is 13.0 Å². The summed E-state index contributed by atoms with van der Waals surface area (Å²) in [7, 11) is 0. The van der Waals surface area contributed by atoms with Crippen LogP contribution in [0, 0.1) is 0 Å². The second kappa shape index (κ2) is 3.34. The molecule has 0 radical (unpaired) electrons. The Morgan fingerprint density at radius 3 is 2.86 bits per heavy atom. The van der Waals surface area contributed by atoms with Crippen molar-refractivity contribution in [1.82, 2.24) is 9.97 Å². The molecule has 1 aromatic rings. The molecule has 0 saturated carbocycles. The van der Waals surface area contributed by atoms with Crippen LogP contribution in [0.25, 0.3) is 0 Å². The number of nitrogens with one attached hydrogen (secondary N) is 1. The van der Waals surface area contributed by atoms with Crippen LogP contribution in [0.4, 0.5) is 0 Å². The molecule has 74 valence electrons. The number of rotatable bonds is 2. The van der Waals surface area contributed by atoms with Gasteiger partial charge in [0.15, 0.2) is 5.78 Å². The molecule has 0 bridgehead atoms. The molecule has 14 heavy (non-hydrogen) atoms. The number of carbonyl (C=O) groups is 1. The van der Waals surface area contributed by atoms with Gasteiger partial charge < -0.3 is 10.7 Å². The van der Waals surface area contributed by atoms with Gasteiger partial charge in [-0.25, -0.2) is 4.79 Å². The molecule has 0 atom stereocenters. The normalized spacial score (nSPS) is 14.5. The Morgan fingerprint density at radius 1 is 1.36 bits per heavy atom. The maximum absolute atomic E-state index is 11.5. The molecule has 2 rings (SSSR count). The average molecular weight is 193 g/mol.